The van der Waals surface area contributed by atoms with Crippen LogP contribution in [-0.2, 0) is 4.79 Å². The number of aliphatic hydroxyl groups is 2. The van der Waals surface area contributed by atoms with Crippen LogP contribution in [-0.4, -0.2) is 27.7 Å². The number of ketones is 1. The molecule has 0 aromatic heterocycles. The van der Waals surface area contributed by atoms with Crippen molar-refractivity contribution in [1.29, 1.82) is 0 Å². The van der Waals surface area contributed by atoms with Gasteiger partial charge in [0, 0.05) is 12.8 Å². The lowest BCUT2D eigenvalue weighted by Gasteiger charge is -2.28. The van der Waals surface area contributed by atoms with E-state index in [-0.39, 0.29) is 17.6 Å². The molecule has 4 atom stereocenters. The van der Waals surface area contributed by atoms with Gasteiger partial charge in [0.25, 0.3) is 0 Å². The van der Waals surface area contributed by atoms with Gasteiger partial charge in [0.1, 0.15) is 5.78 Å². The summed E-state index contributed by atoms with van der Waals surface area (Å²) in [5, 5.41) is 20.2. The Morgan fingerprint density at radius 2 is 2.21 bits per heavy atom. The summed E-state index contributed by atoms with van der Waals surface area (Å²) in [5.41, 5.74) is -0.912. The van der Waals surface area contributed by atoms with Crippen molar-refractivity contribution in [3.8, 4) is 0 Å². The molecule has 0 amide bonds. The smallest absolute Gasteiger partial charge is 0.133 e. The van der Waals surface area contributed by atoms with Gasteiger partial charge < -0.3 is 10.2 Å². The van der Waals surface area contributed by atoms with E-state index in [1.165, 1.54) is 0 Å². The Kier molecular flexibility index (Phi) is 2.40. The first-order valence-corrected chi connectivity index (χ1v) is 5.49. The number of rotatable bonds is 2. The standard InChI is InChI=1S/C11H18O3/c1-2-3-11(14)6-7-4-8(12)5-9(7)10(11)13/h7,9-10,13-14H,2-6H2,1H3/t7-,9-,10+,11+/m0/s1. The summed E-state index contributed by atoms with van der Waals surface area (Å²) < 4.78 is 0. The van der Waals surface area contributed by atoms with Gasteiger partial charge in [-0.3, -0.25) is 4.79 Å². The molecule has 0 bridgehead atoms. The summed E-state index contributed by atoms with van der Waals surface area (Å²) >= 11 is 0. The van der Waals surface area contributed by atoms with Crippen LogP contribution in [0.3, 0.4) is 0 Å². The molecule has 0 aliphatic heterocycles. The Morgan fingerprint density at radius 1 is 1.50 bits per heavy atom. The lowest BCUT2D eigenvalue weighted by molar-refractivity contribution is -0.120. The van der Waals surface area contributed by atoms with Crippen molar-refractivity contribution in [3.63, 3.8) is 0 Å². The highest BCUT2D eigenvalue weighted by Gasteiger charge is 2.54. The lowest BCUT2D eigenvalue weighted by atomic mass is 9.90. The number of Topliss-reactive ketones (excluding diaryl/α,β-unsaturated/α-hetero) is 1. The van der Waals surface area contributed by atoms with Crippen LogP contribution in [0, 0.1) is 11.8 Å². The predicted octanol–water partition coefficient (Wildman–Crippen LogP) is 0.877. The second kappa shape index (κ2) is 3.31. The predicted molar refractivity (Wildman–Crippen MR) is 51.7 cm³/mol. The highest BCUT2D eigenvalue weighted by molar-refractivity contribution is 5.81. The minimum Gasteiger partial charge on any atom is -0.390 e. The molecule has 14 heavy (non-hydrogen) atoms. The summed E-state index contributed by atoms with van der Waals surface area (Å²) in [6.45, 7) is 2.00. The van der Waals surface area contributed by atoms with Crippen molar-refractivity contribution in [2.24, 2.45) is 11.8 Å². The number of carbonyl (C=O) groups is 1. The molecule has 80 valence electrons. The van der Waals surface area contributed by atoms with Crippen LogP contribution in [0.1, 0.15) is 39.0 Å². The van der Waals surface area contributed by atoms with Gasteiger partial charge in [-0.2, -0.15) is 0 Å². The Balaban J connectivity index is 2.11. The van der Waals surface area contributed by atoms with Gasteiger partial charge in [-0.1, -0.05) is 13.3 Å². The molecule has 2 rings (SSSR count). The quantitative estimate of drug-likeness (QED) is 0.692. The van der Waals surface area contributed by atoms with Crippen molar-refractivity contribution < 1.29 is 15.0 Å². The van der Waals surface area contributed by atoms with Crippen molar-refractivity contribution in [2.45, 2.75) is 50.7 Å². The van der Waals surface area contributed by atoms with E-state index in [0.29, 0.717) is 25.7 Å². The maximum atomic E-state index is 11.2. The van der Waals surface area contributed by atoms with E-state index in [1.54, 1.807) is 0 Å². The van der Waals surface area contributed by atoms with Crippen LogP contribution in [0.15, 0.2) is 0 Å². The zero-order chi connectivity index (χ0) is 10.3. The number of aliphatic hydroxyl groups excluding tert-OH is 1. The van der Waals surface area contributed by atoms with Gasteiger partial charge in [-0.05, 0) is 24.7 Å². The third-order valence-electron chi connectivity index (χ3n) is 3.81. The zero-order valence-corrected chi connectivity index (χ0v) is 8.57. The summed E-state index contributed by atoms with van der Waals surface area (Å²) in [7, 11) is 0. The fourth-order valence-corrected chi connectivity index (χ4v) is 3.21. The molecule has 2 aliphatic carbocycles. The molecule has 0 spiro atoms. The van der Waals surface area contributed by atoms with E-state index in [2.05, 4.69) is 0 Å². The second-order valence-corrected chi connectivity index (χ2v) is 4.87. The Bertz CT molecular complexity index is 251. The topological polar surface area (TPSA) is 57.5 Å². The third kappa shape index (κ3) is 1.39. The molecule has 0 saturated heterocycles. The highest BCUT2D eigenvalue weighted by atomic mass is 16.3. The summed E-state index contributed by atoms with van der Waals surface area (Å²) in [5.74, 6) is 0.505. The molecule has 0 heterocycles. The molecular formula is C11H18O3. The Labute approximate surface area is 84.1 Å². The zero-order valence-electron chi connectivity index (χ0n) is 8.57. The molecule has 3 nitrogen and oxygen atoms in total. The van der Waals surface area contributed by atoms with E-state index < -0.39 is 11.7 Å². The van der Waals surface area contributed by atoms with Crippen LogP contribution >= 0.6 is 0 Å². The summed E-state index contributed by atoms with van der Waals surface area (Å²) in [6, 6.07) is 0. The van der Waals surface area contributed by atoms with Crippen LogP contribution in [0.4, 0.5) is 0 Å². The molecule has 3 heteroatoms. The largest absolute Gasteiger partial charge is 0.390 e. The van der Waals surface area contributed by atoms with Gasteiger partial charge in [-0.25, -0.2) is 0 Å². The van der Waals surface area contributed by atoms with Gasteiger partial charge >= 0.3 is 0 Å². The van der Waals surface area contributed by atoms with Crippen molar-refractivity contribution >= 4 is 5.78 Å². The number of hydrogen-bond acceptors (Lipinski definition) is 3. The normalized spacial score (nSPS) is 47.1. The second-order valence-electron chi connectivity index (χ2n) is 4.87. The van der Waals surface area contributed by atoms with Gasteiger partial charge in [0.2, 0.25) is 0 Å². The lowest BCUT2D eigenvalue weighted by Crippen LogP contribution is -2.40. The molecular weight excluding hydrogens is 180 g/mol. The van der Waals surface area contributed by atoms with E-state index in [9.17, 15) is 15.0 Å². The molecule has 2 fully saturated rings. The first-order valence-electron chi connectivity index (χ1n) is 5.49. The number of hydrogen-bond donors (Lipinski definition) is 2. The maximum absolute atomic E-state index is 11.2. The first kappa shape index (κ1) is 10.1. The third-order valence-corrected chi connectivity index (χ3v) is 3.81. The average Bonchev–Trinajstić information content (AvgIpc) is 2.53. The first-order chi connectivity index (χ1) is 6.57. The fourth-order valence-electron chi connectivity index (χ4n) is 3.21. The van der Waals surface area contributed by atoms with E-state index in [1.807, 2.05) is 6.92 Å². The molecule has 2 aliphatic rings. The van der Waals surface area contributed by atoms with Gasteiger partial charge in [0.15, 0.2) is 0 Å². The van der Waals surface area contributed by atoms with Crippen LogP contribution in [0.25, 0.3) is 0 Å². The van der Waals surface area contributed by atoms with Crippen molar-refractivity contribution in [3.05, 3.63) is 0 Å². The molecule has 0 unspecified atom stereocenters. The molecule has 0 aromatic rings. The molecule has 2 N–H and O–H groups in total. The molecule has 0 aromatic carbocycles. The minimum atomic E-state index is -0.912. The summed E-state index contributed by atoms with van der Waals surface area (Å²) in [4.78, 5) is 11.2. The van der Waals surface area contributed by atoms with E-state index >= 15 is 0 Å². The van der Waals surface area contributed by atoms with E-state index in [4.69, 9.17) is 0 Å². The van der Waals surface area contributed by atoms with Gasteiger partial charge in [-0.15, -0.1) is 0 Å². The molecule has 0 radical (unpaired) electrons. The maximum Gasteiger partial charge on any atom is 0.133 e. The van der Waals surface area contributed by atoms with Crippen molar-refractivity contribution in [1.82, 2.24) is 0 Å². The summed E-state index contributed by atoms with van der Waals surface area (Å²) in [6.07, 6.45) is 2.49. The average molecular weight is 198 g/mol. The van der Waals surface area contributed by atoms with Crippen molar-refractivity contribution in [2.75, 3.05) is 0 Å². The SMILES string of the molecule is CCC[C@@]1(O)C[C@@H]2CC(=O)C[C@@H]2[C@H]1O. The highest BCUT2D eigenvalue weighted by Crippen LogP contribution is 2.49. The molecule has 2 saturated carbocycles. The van der Waals surface area contributed by atoms with E-state index in [0.717, 1.165) is 6.42 Å². The number of carbonyl (C=O) groups excluding carboxylic acids is 1. The number of fused-ring (bicyclic) bond motifs is 1. The minimum absolute atomic E-state index is 0.0269. The van der Waals surface area contributed by atoms with Crippen LogP contribution in [0.5, 0.6) is 0 Å². The Morgan fingerprint density at radius 3 is 2.79 bits per heavy atom. The van der Waals surface area contributed by atoms with Gasteiger partial charge in [0.05, 0.1) is 11.7 Å². The monoisotopic (exact) mass is 198 g/mol. The van der Waals surface area contributed by atoms with Crippen LogP contribution < -0.4 is 0 Å². The fraction of sp³-hybridized carbons (Fsp3) is 0.909. The Hall–Kier alpha value is -0.410. The van der Waals surface area contributed by atoms with Crippen LogP contribution in [0.2, 0.25) is 0 Å².